The molecule has 0 spiro atoms. The van der Waals surface area contributed by atoms with Crippen molar-refractivity contribution in [2.75, 3.05) is 5.32 Å². The van der Waals surface area contributed by atoms with Gasteiger partial charge in [0.2, 0.25) is 5.91 Å². The van der Waals surface area contributed by atoms with E-state index in [-0.39, 0.29) is 46.5 Å². The zero-order chi connectivity index (χ0) is 15.6. The van der Waals surface area contributed by atoms with Gasteiger partial charge in [-0.2, -0.15) is 0 Å². The van der Waals surface area contributed by atoms with Gasteiger partial charge in [0.1, 0.15) is 6.10 Å². The molecule has 2 bridgehead atoms. The quantitative estimate of drug-likeness (QED) is 0.649. The molecule has 0 aromatic heterocycles. The molecule has 3 aliphatic rings. The summed E-state index contributed by atoms with van der Waals surface area (Å²) in [5.41, 5.74) is 3.13. The topological polar surface area (TPSA) is 55.4 Å². The maximum Gasteiger partial charge on any atom is 0.310 e. The van der Waals surface area contributed by atoms with Crippen LogP contribution in [0.15, 0.2) is 18.2 Å². The molecule has 6 unspecified atom stereocenters. The normalized spacial score (nSPS) is 38.2. The molecule has 5 heteroatoms. The summed E-state index contributed by atoms with van der Waals surface area (Å²) in [6.45, 7) is 4.07. The second kappa shape index (κ2) is 4.82. The van der Waals surface area contributed by atoms with Crippen molar-refractivity contribution in [1.29, 1.82) is 0 Å². The average molecular weight is 364 g/mol. The lowest BCUT2D eigenvalue weighted by molar-refractivity contribution is -0.145. The second-order valence-corrected chi connectivity index (χ2v) is 7.81. The summed E-state index contributed by atoms with van der Waals surface area (Å²) in [5.74, 6) is -0.379. The van der Waals surface area contributed by atoms with E-state index in [4.69, 9.17) is 4.74 Å². The summed E-state index contributed by atoms with van der Waals surface area (Å²) in [4.78, 5) is 24.9. The van der Waals surface area contributed by atoms with Crippen LogP contribution in [-0.2, 0) is 14.3 Å². The van der Waals surface area contributed by atoms with Crippen LogP contribution in [-0.4, -0.2) is 22.8 Å². The van der Waals surface area contributed by atoms with Gasteiger partial charge in [-0.1, -0.05) is 22.0 Å². The number of carbonyl (C=O) groups excluding carboxylic acids is 2. The maximum atomic E-state index is 12.7. The zero-order valence-corrected chi connectivity index (χ0v) is 14.1. The number of fused-ring (bicyclic) bond motifs is 1. The molecule has 4 nitrogen and oxygen atoms in total. The van der Waals surface area contributed by atoms with Crippen LogP contribution in [0.25, 0.3) is 0 Å². The molecule has 116 valence electrons. The van der Waals surface area contributed by atoms with Crippen molar-refractivity contribution >= 4 is 33.5 Å². The van der Waals surface area contributed by atoms with E-state index in [1.54, 1.807) is 0 Å². The monoisotopic (exact) mass is 363 g/mol. The van der Waals surface area contributed by atoms with Crippen LogP contribution in [0, 0.1) is 37.5 Å². The smallest absolute Gasteiger partial charge is 0.310 e. The number of aryl methyl sites for hydroxylation is 2. The Balaban J connectivity index is 1.58. The Morgan fingerprint density at radius 3 is 2.77 bits per heavy atom. The van der Waals surface area contributed by atoms with Crippen molar-refractivity contribution in [2.45, 2.75) is 31.2 Å². The lowest BCUT2D eigenvalue weighted by atomic mass is 9.79. The van der Waals surface area contributed by atoms with E-state index in [0.717, 1.165) is 17.7 Å². The average Bonchev–Trinajstić information content (AvgIpc) is 3.07. The van der Waals surface area contributed by atoms with Crippen LogP contribution in [0.5, 0.6) is 0 Å². The molecular formula is C17H18BrNO3. The van der Waals surface area contributed by atoms with Gasteiger partial charge < -0.3 is 10.1 Å². The molecule has 0 radical (unpaired) electrons. The Labute approximate surface area is 137 Å². The molecule has 6 atom stereocenters. The molecule has 1 aromatic rings. The van der Waals surface area contributed by atoms with Gasteiger partial charge in [-0.25, -0.2) is 0 Å². The third-order valence-electron chi connectivity index (χ3n) is 5.60. The lowest BCUT2D eigenvalue weighted by Crippen LogP contribution is -2.40. The molecule has 1 N–H and O–H groups in total. The third-order valence-corrected chi connectivity index (χ3v) is 6.80. The summed E-state index contributed by atoms with van der Waals surface area (Å²) in [6, 6.07) is 5.88. The van der Waals surface area contributed by atoms with Crippen LogP contribution in [0.4, 0.5) is 5.69 Å². The highest BCUT2D eigenvalue weighted by Gasteiger charge is 2.67. The lowest BCUT2D eigenvalue weighted by Gasteiger charge is -2.27. The number of nitrogens with one attached hydrogen (secondary N) is 1. The number of amides is 1. The summed E-state index contributed by atoms with van der Waals surface area (Å²) in [5, 5.41) is 2.99. The van der Waals surface area contributed by atoms with Crippen molar-refractivity contribution in [3.8, 4) is 0 Å². The second-order valence-electron chi connectivity index (χ2n) is 6.75. The van der Waals surface area contributed by atoms with Crippen LogP contribution in [0.3, 0.4) is 0 Å². The minimum atomic E-state index is -0.276. The first-order valence-corrected chi connectivity index (χ1v) is 8.61. The van der Waals surface area contributed by atoms with Crippen molar-refractivity contribution in [1.82, 2.24) is 0 Å². The molecule has 1 aromatic carbocycles. The van der Waals surface area contributed by atoms with E-state index in [1.165, 1.54) is 5.56 Å². The van der Waals surface area contributed by atoms with Gasteiger partial charge in [-0.15, -0.1) is 0 Å². The maximum absolute atomic E-state index is 12.7. The molecule has 4 rings (SSSR count). The number of carbonyl (C=O) groups is 2. The molecule has 2 saturated carbocycles. The van der Waals surface area contributed by atoms with E-state index in [2.05, 4.69) is 21.2 Å². The Bertz CT molecular complexity index is 674. The summed E-state index contributed by atoms with van der Waals surface area (Å²) in [6.07, 6.45) is 0.871. The molecule has 1 heterocycles. The highest BCUT2D eigenvalue weighted by Crippen LogP contribution is 2.60. The standard InChI is InChI=1S/C17H18BrNO3/c1-7-3-4-9(5-8(7)2)19-16(20)12-10-6-11-13(12)17(21)22-15(11)14(10)18/h3-5,10-15H,6H2,1-2H3,(H,19,20). The molecule has 1 saturated heterocycles. The first-order chi connectivity index (χ1) is 10.5. The summed E-state index contributed by atoms with van der Waals surface area (Å²) < 4.78 is 5.45. The van der Waals surface area contributed by atoms with Gasteiger partial charge in [0.05, 0.1) is 16.7 Å². The molecule has 2 aliphatic carbocycles. The van der Waals surface area contributed by atoms with Gasteiger partial charge in [-0.05, 0) is 49.4 Å². The SMILES string of the molecule is Cc1ccc(NC(=O)C2C3CC4C(OC(=O)C42)C3Br)cc1C. The Morgan fingerprint density at radius 2 is 2.05 bits per heavy atom. The van der Waals surface area contributed by atoms with E-state index in [0.29, 0.717) is 0 Å². The first-order valence-electron chi connectivity index (χ1n) is 7.70. The van der Waals surface area contributed by atoms with E-state index >= 15 is 0 Å². The predicted molar refractivity (Wildman–Crippen MR) is 85.7 cm³/mol. The van der Waals surface area contributed by atoms with Crippen molar-refractivity contribution in [3.05, 3.63) is 29.3 Å². The van der Waals surface area contributed by atoms with Crippen LogP contribution in [0.2, 0.25) is 0 Å². The van der Waals surface area contributed by atoms with Gasteiger partial charge in [-0.3, -0.25) is 9.59 Å². The number of anilines is 1. The van der Waals surface area contributed by atoms with Gasteiger partial charge in [0.15, 0.2) is 0 Å². The molecule has 3 fully saturated rings. The first kappa shape index (κ1) is 14.2. The van der Waals surface area contributed by atoms with Crippen molar-refractivity contribution in [2.24, 2.45) is 23.7 Å². The van der Waals surface area contributed by atoms with Crippen molar-refractivity contribution < 1.29 is 14.3 Å². The summed E-state index contributed by atoms with van der Waals surface area (Å²) >= 11 is 3.63. The number of rotatable bonds is 2. The number of alkyl halides is 1. The van der Waals surface area contributed by atoms with Crippen LogP contribution < -0.4 is 5.32 Å². The minimum absolute atomic E-state index is 0.0341. The predicted octanol–water partition coefficient (Wildman–Crippen LogP) is 2.81. The number of halogens is 1. The highest BCUT2D eigenvalue weighted by atomic mass is 79.9. The van der Waals surface area contributed by atoms with Crippen molar-refractivity contribution in [3.63, 3.8) is 0 Å². The molecule has 22 heavy (non-hydrogen) atoms. The number of benzene rings is 1. The van der Waals surface area contributed by atoms with Gasteiger partial charge in [0, 0.05) is 11.6 Å². The van der Waals surface area contributed by atoms with Crippen LogP contribution in [0.1, 0.15) is 17.5 Å². The largest absolute Gasteiger partial charge is 0.461 e. The van der Waals surface area contributed by atoms with Gasteiger partial charge in [0.25, 0.3) is 0 Å². The number of hydrogen-bond acceptors (Lipinski definition) is 3. The number of esters is 1. The fourth-order valence-electron chi connectivity index (χ4n) is 4.38. The third kappa shape index (κ3) is 1.87. The fourth-order valence-corrected chi connectivity index (χ4v) is 5.42. The molecule has 1 amide bonds. The fraction of sp³-hybridized carbons (Fsp3) is 0.529. The summed E-state index contributed by atoms with van der Waals surface area (Å²) in [7, 11) is 0. The molecule has 1 aliphatic heterocycles. The molecular weight excluding hydrogens is 346 g/mol. The highest BCUT2D eigenvalue weighted by molar-refractivity contribution is 9.09. The Morgan fingerprint density at radius 1 is 1.27 bits per heavy atom. The number of ether oxygens (including phenoxy) is 1. The van der Waals surface area contributed by atoms with E-state index in [1.807, 2.05) is 32.0 Å². The van der Waals surface area contributed by atoms with E-state index < -0.39 is 0 Å². The zero-order valence-electron chi connectivity index (χ0n) is 12.5. The Hall–Kier alpha value is -1.36. The Kier molecular flexibility index (Phi) is 3.12. The van der Waals surface area contributed by atoms with Crippen LogP contribution >= 0.6 is 15.9 Å². The minimum Gasteiger partial charge on any atom is -0.461 e. The number of hydrogen-bond donors (Lipinski definition) is 1. The van der Waals surface area contributed by atoms with E-state index in [9.17, 15) is 9.59 Å². The van der Waals surface area contributed by atoms with Gasteiger partial charge >= 0.3 is 5.97 Å².